The molecule has 0 spiro atoms. The van der Waals surface area contributed by atoms with Crippen molar-refractivity contribution in [2.75, 3.05) is 0 Å². The third kappa shape index (κ3) is 2.29. The number of imidazole rings is 1. The van der Waals surface area contributed by atoms with Gasteiger partial charge in [-0.15, -0.1) is 0 Å². The van der Waals surface area contributed by atoms with E-state index in [2.05, 4.69) is 33.8 Å². The van der Waals surface area contributed by atoms with Gasteiger partial charge in [0.05, 0.1) is 17.5 Å². The first-order chi connectivity index (χ1) is 19.3. The fourth-order valence-corrected chi connectivity index (χ4v) is 7.75. The van der Waals surface area contributed by atoms with Crippen molar-refractivity contribution in [3.05, 3.63) is 92.3 Å². The van der Waals surface area contributed by atoms with Crippen LogP contribution in [0.4, 0.5) is 0 Å². The van der Waals surface area contributed by atoms with Crippen LogP contribution in [0.25, 0.3) is 70.5 Å². The van der Waals surface area contributed by atoms with Crippen molar-refractivity contribution in [2.45, 2.75) is 34.1 Å². The Morgan fingerprint density at radius 3 is 1.75 bits per heavy atom. The van der Waals surface area contributed by atoms with Crippen molar-refractivity contribution in [1.82, 2.24) is 9.38 Å². The van der Waals surface area contributed by atoms with Gasteiger partial charge in [0.2, 0.25) is 0 Å². The molecule has 8 aromatic rings. The lowest BCUT2D eigenvalue weighted by Gasteiger charge is -2.25. The predicted octanol–water partition coefficient (Wildman–Crippen LogP) is 7.49. The Bertz CT molecular complexity index is 2530. The number of benzene rings is 6. The summed E-state index contributed by atoms with van der Waals surface area (Å²) in [5.41, 5.74) is 7.57. The first-order valence-corrected chi connectivity index (χ1v) is 13.6. The van der Waals surface area contributed by atoms with Crippen LogP contribution in [-0.2, 0) is 0 Å². The molecule has 1 aliphatic carbocycles. The number of hydrogen-bond acceptors (Lipinski definition) is 4. The molecule has 1 aliphatic rings. The molecule has 0 unspecified atom stereocenters. The summed E-state index contributed by atoms with van der Waals surface area (Å²) < 4.78 is 1.75. The molecule has 5 nitrogen and oxygen atoms in total. The fraction of sp³-hybridized carbons (Fsp3) is 0.143. The normalized spacial score (nSPS) is 14.1. The van der Waals surface area contributed by atoms with E-state index in [0.29, 0.717) is 22.2 Å². The van der Waals surface area contributed by atoms with Gasteiger partial charge in [0, 0.05) is 32.7 Å². The van der Waals surface area contributed by atoms with Gasteiger partial charge >= 0.3 is 0 Å². The van der Waals surface area contributed by atoms with E-state index in [0.717, 1.165) is 81.8 Å². The number of fused-ring (bicyclic) bond motifs is 6. The van der Waals surface area contributed by atoms with Gasteiger partial charge < -0.3 is 0 Å². The van der Waals surface area contributed by atoms with Gasteiger partial charge in [-0.05, 0) is 119 Å². The van der Waals surface area contributed by atoms with Crippen LogP contribution in [0.2, 0.25) is 0 Å². The van der Waals surface area contributed by atoms with Gasteiger partial charge in [0.1, 0.15) is 5.65 Å². The van der Waals surface area contributed by atoms with Crippen molar-refractivity contribution in [1.29, 1.82) is 0 Å². The average molecular weight is 519 g/mol. The number of nitrogens with zero attached hydrogens (tertiary/aromatic N) is 2. The van der Waals surface area contributed by atoms with E-state index >= 15 is 0 Å². The molecule has 6 aromatic carbocycles. The summed E-state index contributed by atoms with van der Waals surface area (Å²) in [4.78, 5) is 45.3. The highest BCUT2D eigenvalue weighted by molar-refractivity contribution is 6.43. The zero-order valence-corrected chi connectivity index (χ0v) is 22.4. The predicted molar refractivity (Wildman–Crippen MR) is 161 cm³/mol. The van der Waals surface area contributed by atoms with Crippen LogP contribution in [0, 0.1) is 27.7 Å². The van der Waals surface area contributed by atoms with E-state index in [1.54, 1.807) is 4.40 Å². The number of hydrogen-bond donors (Lipinski definition) is 0. The standard InChI is InChI=1S/C35H22N2O3/c1-14-9-18-24(38)13-25(39)19-10-15(2)27-29-17(4)12-21-31-20(11-16(3)28(33(29)31)26(14)32(27)30(18)19)34-36-22-7-5-6-8-23(22)37(34)35(21)40/h5-12H,13H2,1-4H3. The molecule has 0 amide bonds. The minimum absolute atomic E-state index is 0.0682. The molecule has 190 valence electrons. The second kappa shape index (κ2) is 6.80. The highest BCUT2D eigenvalue weighted by atomic mass is 16.1. The summed E-state index contributed by atoms with van der Waals surface area (Å²) in [5, 5.41) is 9.66. The van der Waals surface area contributed by atoms with Crippen LogP contribution in [0.3, 0.4) is 0 Å². The van der Waals surface area contributed by atoms with Crippen molar-refractivity contribution in [3.8, 4) is 0 Å². The lowest BCUT2D eigenvalue weighted by Crippen LogP contribution is -2.17. The Morgan fingerprint density at radius 1 is 0.600 bits per heavy atom. The Kier molecular flexibility index (Phi) is 3.74. The molecule has 2 aromatic heterocycles. The largest absolute Gasteiger partial charge is 0.294 e. The zero-order valence-electron chi connectivity index (χ0n) is 22.4. The van der Waals surface area contributed by atoms with E-state index in [9.17, 15) is 14.4 Å². The molecule has 5 heteroatoms. The zero-order chi connectivity index (χ0) is 27.4. The van der Waals surface area contributed by atoms with Crippen LogP contribution < -0.4 is 5.56 Å². The monoisotopic (exact) mass is 518 g/mol. The minimum Gasteiger partial charge on any atom is -0.294 e. The maximum atomic E-state index is 14.2. The Hall–Kier alpha value is -4.90. The van der Waals surface area contributed by atoms with E-state index < -0.39 is 0 Å². The third-order valence-electron chi connectivity index (χ3n) is 9.26. The molecular weight excluding hydrogens is 496 g/mol. The quantitative estimate of drug-likeness (QED) is 0.118. The topological polar surface area (TPSA) is 68.5 Å². The van der Waals surface area contributed by atoms with Crippen LogP contribution in [0.1, 0.15) is 49.4 Å². The lowest BCUT2D eigenvalue weighted by molar-refractivity contribution is 0.0890. The number of ketones is 2. The molecule has 0 atom stereocenters. The van der Waals surface area contributed by atoms with Crippen LogP contribution in [0.5, 0.6) is 0 Å². The molecule has 0 radical (unpaired) electrons. The minimum atomic E-state index is -0.115. The van der Waals surface area contributed by atoms with Crippen LogP contribution >= 0.6 is 0 Å². The number of rotatable bonds is 0. The SMILES string of the molecule is Cc1cc2c3c(cc(C)c4c5c(C)cc6c7c(cc(C)c(c1c34)c57)c(=O)n1c3ccccc3nc61)C(=O)CC2=O. The molecule has 2 heterocycles. The van der Waals surface area contributed by atoms with Gasteiger partial charge in [-0.2, -0.15) is 0 Å². The smallest absolute Gasteiger partial charge is 0.264 e. The van der Waals surface area contributed by atoms with Crippen molar-refractivity contribution in [3.63, 3.8) is 0 Å². The Balaban J connectivity index is 1.68. The van der Waals surface area contributed by atoms with Crippen LogP contribution in [-0.4, -0.2) is 21.0 Å². The molecule has 0 bridgehead atoms. The van der Waals surface area contributed by atoms with E-state index in [1.807, 2.05) is 42.5 Å². The first kappa shape index (κ1) is 22.0. The maximum absolute atomic E-state index is 14.2. The van der Waals surface area contributed by atoms with Gasteiger partial charge in [0.25, 0.3) is 5.56 Å². The highest BCUT2D eigenvalue weighted by Crippen LogP contribution is 2.50. The Labute approximate surface area is 227 Å². The van der Waals surface area contributed by atoms with E-state index in [1.165, 1.54) is 0 Å². The number of aryl methyl sites for hydroxylation is 4. The third-order valence-corrected chi connectivity index (χ3v) is 9.26. The molecule has 0 saturated heterocycles. The second-order valence-electron chi connectivity index (χ2n) is 11.6. The van der Waals surface area contributed by atoms with Crippen molar-refractivity contribution < 1.29 is 9.59 Å². The number of carbonyl (C=O) groups excluding carboxylic acids is 2. The molecule has 0 N–H and O–H groups in total. The summed E-state index contributed by atoms with van der Waals surface area (Å²) in [6.45, 7) is 8.29. The lowest BCUT2D eigenvalue weighted by atomic mass is 9.77. The second-order valence-corrected chi connectivity index (χ2v) is 11.6. The van der Waals surface area contributed by atoms with Gasteiger partial charge in [0.15, 0.2) is 11.6 Å². The number of aromatic nitrogens is 2. The first-order valence-electron chi connectivity index (χ1n) is 13.6. The number of Topliss-reactive ketones (excluding diaryl/α,β-unsaturated/α-hetero) is 2. The Morgan fingerprint density at radius 2 is 1.12 bits per heavy atom. The van der Waals surface area contributed by atoms with Gasteiger partial charge in [-0.1, -0.05) is 12.1 Å². The maximum Gasteiger partial charge on any atom is 0.264 e. The van der Waals surface area contributed by atoms with Gasteiger partial charge in [-0.3, -0.25) is 18.8 Å². The summed E-state index contributed by atoms with van der Waals surface area (Å²) >= 11 is 0. The molecule has 9 rings (SSSR count). The molecule has 0 aliphatic heterocycles. The van der Waals surface area contributed by atoms with Crippen molar-refractivity contribution in [2.24, 2.45) is 0 Å². The number of pyridine rings is 1. The highest BCUT2D eigenvalue weighted by Gasteiger charge is 2.31. The van der Waals surface area contributed by atoms with E-state index in [4.69, 9.17) is 4.98 Å². The average Bonchev–Trinajstić information content (AvgIpc) is 3.32. The molecular formula is C35H22N2O3. The van der Waals surface area contributed by atoms with E-state index in [-0.39, 0.29) is 23.5 Å². The molecule has 0 saturated carbocycles. The number of para-hydroxylation sites is 2. The fourth-order valence-electron chi connectivity index (χ4n) is 7.75. The summed E-state index contributed by atoms with van der Waals surface area (Å²) in [7, 11) is 0. The summed E-state index contributed by atoms with van der Waals surface area (Å²) in [6.07, 6.45) is -0.0836. The number of carbonyl (C=O) groups is 2. The molecule has 0 fully saturated rings. The summed E-state index contributed by atoms with van der Waals surface area (Å²) in [5.74, 6) is -0.230. The van der Waals surface area contributed by atoms with Gasteiger partial charge in [-0.25, -0.2) is 4.98 Å². The van der Waals surface area contributed by atoms with Crippen LogP contribution in [0.15, 0.2) is 53.3 Å². The summed E-state index contributed by atoms with van der Waals surface area (Å²) in [6, 6.07) is 15.9. The van der Waals surface area contributed by atoms with Crippen molar-refractivity contribution >= 4 is 82.1 Å². The molecule has 40 heavy (non-hydrogen) atoms.